The van der Waals surface area contributed by atoms with Crippen LogP contribution in [-0.4, -0.2) is 71.3 Å². The van der Waals surface area contributed by atoms with E-state index in [1.54, 1.807) is 0 Å². The van der Waals surface area contributed by atoms with Gasteiger partial charge in [-0.1, -0.05) is 0 Å². The Morgan fingerprint density at radius 2 is 2.39 bits per heavy atom. The lowest BCUT2D eigenvalue weighted by molar-refractivity contribution is -0.0809. The molecule has 4 unspecified atom stereocenters. The number of fused-ring (bicyclic) bond motifs is 1. The maximum Gasteiger partial charge on any atom is 0.487 e. The number of nitrogens with two attached hydrogens (primary N) is 1. The molecule has 3 aliphatic heterocycles. The Hall–Kier alpha value is -0.980. The first-order chi connectivity index (χ1) is 10.9. The molecule has 0 saturated carbocycles. The van der Waals surface area contributed by atoms with Gasteiger partial charge in [-0.15, -0.1) is 4.91 Å². The first kappa shape index (κ1) is 16.9. The van der Waals surface area contributed by atoms with Crippen molar-refractivity contribution < 1.29 is 23.8 Å². The zero-order valence-electron chi connectivity index (χ0n) is 12.1. The van der Waals surface area contributed by atoms with E-state index in [0.717, 1.165) is 0 Å². The minimum absolute atomic E-state index is 0.0898. The third-order valence-corrected chi connectivity index (χ3v) is 4.83. The van der Waals surface area contributed by atoms with Gasteiger partial charge in [0.05, 0.1) is 37.9 Å². The highest BCUT2D eigenvalue weighted by molar-refractivity contribution is 7.51. The quantitative estimate of drug-likeness (QED) is 0.271. The van der Waals surface area contributed by atoms with Crippen LogP contribution in [-0.2, 0) is 13.8 Å². The van der Waals surface area contributed by atoms with E-state index in [1.807, 2.05) is 9.85 Å². The Labute approximate surface area is 131 Å². The van der Waals surface area contributed by atoms with Gasteiger partial charge in [0.15, 0.2) is 0 Å². The van der Waals surface area contributed by atoms with Crippen molar-refractivity contribution in [2.75, 3.05) is 13.3 Å². The van der Waals surface area contributed by atoms with Gasteiger partial charge in [0, 0.05) is 11.4 Å². The third kappa shape index (κ3) is 3.44. The van der Waals surface area contributed by atoms with Crippen molar-refractivity contribution in [3.05, 3.63) is 4.91 Å². The Kier molecular flexibility index (Phi) is 4.76. The molecular weight excluding hydrogens is 331 g/mol. The third-order valence-electron chi connectivity index (χ3n) is 4.14. The van der Waals surface area contributed by atoms with Crippen LogP contribution in [0.2, 0.25) is 0 Å². The minimum Gasteiger partial charge on any atom is -0.390 e. The van der Waals surface area contributed by atoms with Crippen molar-refractivity contribution in [2.45, 2.75) is 43.2 Å². The zero-order chi connectivity index (χ0) is 16.6. The molecule has 2 fully saturated rings. The van der Waals surface area contributed by atoms with Crippen LogP contribution in [0.15, 0.2) is 9.94 Å². The number of aliphatic hydroxyl groups excluding tert-OH is 1. The molecule has 12 nitrogen and oxygen atoms in total. The number of nitrogens with zero attached hydrogens (tertiary/aromatic N) is 3. The Morgan fingerprint density at radius 3 is 3.13 bits per heavy atom. The number of rotatable bonds is 5. The fourth-order valence-electron chi connectivity index (χ4n) is 2.95. The first-order valence-electron chi connectivity index (χ1n) is 7.09. The van der Waals surface area contributed by atoms with Crippen molar-refractivity contribution in [2.24, 2.45) is 15.7 Å². The molecule has 2 saturated heterocycles. The molecule has 0 aromatic heterocycles. The zero-order valence-corrected chi connectivity index (χ0v) is 13.0. The van der Waals surface area contributed by atoms with Gasteiger partial charge in [-0.2, -0.15) is 0 Å². The smallest absolute Gasteiger partial charge is 0.390 e. The van der Waals surface area contributed by atoms with Crippen molar-refractivity contribution in [3.8, 4) is 0 Å². The van der Waals surface area contributed by atoms with Crippen LogP contribution in [0.4, 0.5) is 0 Å². The second-order valence-corrected chi connectivity index (χ2v) is 6.99. The van der Waals surface area contributed by atoms with Crippen molar-refractivity contribution in [3.63, 3.8) is 0 Å². The van der Waals surface area contributed by atoms with Gasteiger partial charge in [0.25, 0.3) is 0 Å². The van der Waals surface area contributed by atoms with Crippen LogP contribution in [0.3, 0.4) is 0 Å². The van der Waals surface area contributed by atoms with Crippen LogP contribution in [0, 0.1) is 4.91 Å². The largest absolute Gasteiger partial charge is 0.487 e. The number of nitroso groups, excluding NO2 is 1. The molecule has 0 bridgehead atoms. The summed E-state index contributed by atoms with van der Waals surface area (Å²) in [5.74, 6) is 0. The topological polar surface area (TPSA) is 171 Å². The van der Waals surface area contributed by atoms with Gasteiger partial charge in [-0.25, -0.2) is 9.46 Å². The molecule has 3 rings (SSSR count). The molecule has 0 aromatic carbocycles. The van der Waals surface area contributed by atoms with Crippen molar-refractivity contribution in [1.29, 1.82) is 0 Å². The Bertz CT molecular complexity index is 536. The number of ether oxygens (including phenoxy) is 1. The van der Waals surface area contributed by atoms with Crippen LogP contribution in [0.25, 0.3) is 0 Å². The van der Waals surface area contributed by atoms with E-state index in [4.69, 9.17) is 15.4 Å². The minimum atomic E-state index is -4.53. The summed E-state index contributed by atoms with van der Waals surface area (Å²) in [5, 5.41) is 16.2. The van der Waals surface area contributed by atoms with E-state index in [-0.39, 0.29) is 24.8 Å². The first-order valence-corrected chi connectivity index (χ1v) is 8.62. The predicted octanol–water partition coefficient (Wildman–Crippen LogP) is -2.18. The molecule has 0 aliphatic carbocycles. The number of aliphatic hydroxyl groups is 1. The van der Waals surface area contributed by atoms with Gasteiger partial charge in [0.2, 0.25) is 0 Å². The highest BCUT2D eigenvalue weighted by Crippen LogP contribution is 2.43. The highest BCUT2D eigenvalue weighted by atomic mass is 31.2. The summed E-state index contributed by atoms with van der Waals surface area (Å²) in [7, 11) is -4.53. The average molecular weight is 350 g/mol. The summed E-state index contributed by atoms with van der Waals surface area (Å²) in [6.45, 7) is 0.0677. The lowest BCUT2D eigenvalue weighted by Crippen LogP contribution is -2.58. The maximum absolute atomic E-state index is 11.1. The molecule has 13 heteroatoms. The van der Waals surface area contributed by atoms with Gasteiger partial charge in [-0.3, -0.25) is 14.8 Å². The Morgan fingerprint density at radius 1 is 1.61 bits per heavy atom. The molecule has 6 N–H and O–H groups in total. The lowest BCUT2D eigenvalue weighted by Gasteiger charge is -2.32. The number of hydrogen-bond acceptors (Lipinski definition) is 10. The highest BCUT2D eigenvalue weighted by Gasteiger charge is 2.47. The summed E-state index contributed by atoms with van der Waals surface area (Å²) < 4.78 is 21.3. The lowest BCUT2D eigenvalue weighted by atomic mass is 10.1. The SMILES string of the molecule is NC1NC=NC2C1NCN2[C@H]1C[C@H](O)[C@@H](COP(=O)(O)N=O)O1. The van der Waals surface area contributed by atoms with Crippen LogP contribution < -0.4 is 16.4 Å². The Balaban J connectivity index is 1.60. The molecule has 0 radical (unpaired) electrons. The van der Waals surface area contributed by atoms with Crippen LogP contribution in [0.1, 0.15) is 6.42 Å². The number of nitrogens with one attached hydrogen (secondary N) is 2. The molecule has 0 amide bonds. The van der Waals surface area contributed by atoms with E-state index in [0.29, 0.717) is 6.67 Å². The second-order valence-electron chi connectivity index (χ2n) is 5.59. The van der Waals surface area contributed by atoms with Gasteiger partial charge in [0.1, 0.15) is 18.5 Å². The monoisotopic (exact) mass is 350 g/mol. The van der Waals surface area contributed by atoms with Crippen molar-refractivity contribution >= 4 is 14.1 Å². The molecule has 0 spiro atoms. The molecule has 3 aliphatic rings. The predicted molar refractivity (Wildman–Crippen MR) is 77.9 cm³/mol. The van der Waals surface area contributed by atoms with Gasteiger partial charge in [-0.05, 0) is 0 Å². The van der Waals surface area contributed by atoms with Gasteiger partial charge < -0.3 is 25.8 Å². The van der Waals surface area contributed by atoms with E-state index in [9.17, 15) is 14.6 Å². The van der Waals surface area contributed by atoms with Gasteiger partial charge >= 0.3 is 7.75 Å². The van der Waals surface area contributed by atoms with Crippen LogP contribution >= 0.6 is 7.75 Å². The maximum atomic E-state index is 11.1. The fraction of sp³-hybridized carbons (Fsp3) is 0.900. The van der Waals surface area contributed by atoms with E-state index < -0.39 is 32.8 Å². The molecule has 23 heavy (non-hydrogen) atoms. The number of hydrogen-bond donors (Lipinski definition) is 5. The molecule has 7 atom stereocenters. The van der Waals surface area contributed by atoms with E-state index in [2.05, 4.69) is 20.1 Å². The summed E-state index contributed by atoms with van der Waals surface area (Å²) >= 11 is 0. The molecule has 130 valence electrons. The average Bonchev–Trinajstić information content (AvgIpc) is 3.10. The number of aliphatic imine (C=N–C) groups is 1. The summed E-state index contributed by atoms with van der Waals surface area (Å²) in [6.07, 6.45) is -0.885. The molecule has 0 aromatic rings. The summed E-state index contributed by atoms with van der Waals surface area (Å²) in [6, 6.07) is -0.0898. The summed E-state index contributed by atoms with van der Waals surface area (Å²) in [4.78, 5) is 27.4. The van der Waals surface area contributed by atoms with E-state index >= 15 is 0 Å². The molecule has 3 heterocycles. The van der Waals surface area contributed by atoms with E-state index in [1.165, 1.54) is 6.34 Å². The molecular formula is C10H19N6O6P. The summed E-state index contributed by atoms with van der Waals surface area (Å²) in [5.41, 5.74) is 5.95. The van der Waals surface area contributed by atoms with Crippen LogP contribution in [0.5, 0.6) is 0 Å². The normalized spacial score (nSPS) is 42.9. The second kappa shape index (κ2) is 6.49. The fourth-order valence-corrected chi connectivity index (χ4v) is 3.34. The standard InChI is InChI=1S/C10H19N6O6P/c11-9-8-10(13-3-12-9)16(4-14-8)7-1-5(17)6(22-7)2-21-23(19,20)15-18/h3,5-10,14,17H,1-2,4,11H2,(H,12,13)(H,19,20)/t5-,6+,7+,8?,9?,10?/m0/s1. The van der Waals surface area contributed by atoms with Crippen molar-refractivity contribution in [1.82, 2.24) is 15.5 Å².